The zero-order valence-corrected chi connectivity index (χ0v) is 28.2. The van der Waals surface area contributed by atoms with E-state index < -0.39 is 31.4 Å². The van der Waals surface area contributed by atoms with E-state index in [2.05, 4.69) is 4.18 Å². The number of alkyl halides is 3. The number of hydrogen-bond acceptors (Lipinski definition) is 8. The van der Waals surface area contributed by atoms with Gasteiger partial charge in [-0.25, -0.2) is 17.1 Å². The average molecular weight is 717 g/mol. The lowest BCUT2D eigenvalue weighted by Gasteiger charge is -2.41. The lowest BCUT2D eigenvalue weighted by Crippen LogP contribution is -2.46. The Hall–Kier alpha value is -4.02. The van der Waals surface area contributed by atoms with Crippen molar-refractivity contribution in [3.63, 3.8) is 0 Å². The van der Waals surface area contributed by atoms with Crippen molar-refractivity contribution in [2.45, 2.75) is 57.2 Å². The third-order valence-electron chi connectivity index (χ3n) is 7.34. The van der Waals surface area contributed by atoms with Gasteiger partial charge in [-0.05, 0) is 72.4 Å². The first-order chi connectivity index (χ1) is 22.3. The van der Waals surface area contributed by atoms with Crippen molar-refractivity contribution in [1.29, 1.82) is 0 Å². The topological polar surface area (TPSA) is 127 Å². The fourth-order valence-electron chi connectivity index (χ4n) is 4.69. The van der Waals surface area contributed by atoms with Crippen molar-refractivity contribution in [3.05, 3.63) is 95.3 Å². The fraction of sp³-hybridized carbons (Fsp3) is 0.375. The largest absolute Gasteiger partial charge is 0.534 e. The second-order valence-electron chi connectivity index (χ2n) is 10.9. The Kier molecular flexibility index (Phi) is 12.7. The highest BCUT2D eigenvalue weighted by molar-refractivity contribution is 7.88. The highest BCUT2D eigenvalue weighted by Crippen LogP contribution is 2.39. The van der Waals surface area contributed by atoms with Crippen LogP contribution >= 0.6 is 0 Å². The van der Waals surface area contributed by atoms with Crippen LogP contribution in [0.5, 0.6) is 5.75 Å². The molecule has 2 atom stereocenters. The van der Waals surface area contributed by atoms with Crippen molar-refractivity contribution >= 4 is 37.7 Å². The number of rotatable bonds is 12. The van der Waals surface area contributed by atoms with E-state index in [1.165, 1.54) is 42.5 Å². The summed E-state index contributed by atoms with van der Waals surface area (Å²) in [4.78, 5) is 24.5. The molecule has 10 nitrogen and oxygen atoms in total. The number of β-lactam (4-membered cyclic amide) rings is 1. The van der Waals surface area contributed by atoms with Crippen molar-refractivity contribution in [3.8, 4) is 5.75 Å². The fourth-order valence-corrected chi connectivity index (χ4v) is 5.61. The number of halogens is 4. The Balaban J connectivity index is 0.000000373. The van der Waals surface area contributed by atoms with Crippen LogP contribution in [-0.2, 0) is 40.9 Å². The molecule has 0 bridgehead atoms. The second kappa shape index (κ2) is 15.9. The summed E-state index contributed by atoms with van der Waals surface area (Å²) >= 11 is 0. The first-order valence-electron chi connectivity index (χ1n) is 14.7. The molecule has 16 heteroatoms. The summed E-state index contributed by atoms with van der Waals surface area (Å²) in [5, 5.41) is 0. The molecule has 3 aromatic rings. The van der Waals surface area contributed by atoms with E-state index in [1.54, 1.807) is 29.2 Å². The second-order valence-corrected chi connectivity index (χ2v) is 14.6. The van der Waals surface area contributed by atoms with Crippen molar-refractivity contribution < 1.29 is 52.9 Å². The minimum Gasteiger partial charge on any atom is -0.458 e. The van der Waals surface area contributed by atoms with Gasteiger partial charge in [-0.15, -0.1) is 0 Å². The zero-order valence-electron chi connectivity index (χ0n) is 26.6. The van der Waals surface area contributed by atoms with Crippen LogP contribution in [-0.4, -0.2) is 58.4 Å². The monoisotopic (exact) mass is 716 g/mol. The van der Waals surface area contributed by atoms with Gasteiger partial charge in [-0.1, -0.05) is 43.3 Å². The normalized spacial score (nSPS) is 15.6. The first kappa shape index (κ1) is 38.4. The van der Waals surface area contributed by atoms with Gasteiger partial charge in [0.2, 0.25) is 15.9 Å². The zero-order chi connectivity index (χ0) is 35.9. The molecule has 0 saturated carbocycles. The quantitative estimate of drug-likeness (QED) is 0.0729. The summed E-state index contributed by atoms with van der Waals surface area (Å²) in [6.07, 6.45) is 3.04. The van der Waals surface area contributed by atoms with Gasteiger partial charge in [0, 0.05) is 26.2 Å². The maximum atomic E-state index is 12.6. The van der Waals surface area contributed by atoms with Gasteiger partial charge in [0.25, 0.3) is 0 Å². The van der Waals surface area contributed by atoms with Gasteiger partial charge in [-0.2, -0.15) is 21.6 Å². The first-order valence-corrected chi connectivity index (χ1v) is 17.9. The van der Waals surface area contributed by atoms with Gasteiger partial charge in [0.15, 0.2) is 0 Å². The van der Waals surface area contributed by atoms with Crippen LogP contribution in [0.3, 0.4) is 0 Å². The molecule has 3 aromatic carbocycles. The standard InChI is InChI=1S/C21H23F3N2O6S2.C11H13FO2/c1-25(33(2,28)29)13-3-4-15-5-9-17(10-6-15)26-19(14-20(26)27)16-7-11-18(12-8-16)32-34(30,31)21(22,23)24;1-3-11(14-8(2)13)9-4-6-10(12)7-5-9/h5-12,19H,3-4,13-14H2,1-2H3;4-7,11H,3H2,1-2H3/t19-;/m0./s1. The number of esters is 1. The number of aryl methyl sites for hydroxylation is 1. The molecule has 0 radical (unpaired) electrons. The maximum absolute atomic E-state index is 12.6. The third kappa shape index (κ3) is 10.5. The molecule has 0 spiro atoms. The van der Waals surface area contributed by atoms with E-state index in [4.69, 9.17) is 4.74 Å². The molecular weight excluding hydrogens is 680 g/mol. The minimum atomic E-state index is -5.76. The number of amides is 1. The Labute approximate surface area is 277 Å². The molecular formula is C32H36F4N2O8S2. The molecule has 1 unspecified atom stereocenters. The number of anilines is 1. The predicted octanol–water partition coefficient (Wildman–Crippen LogP) is 6.06. The molecule has 0 N–H and O–H groups in total. The number of sulfonamides is 1. The summed E-state index contributed by atoms with van der Waals surface area (Å²) < 4.78 is 106. The minimum absolute atomic E-state index is 0.132. The van der Waals surface area contributed by atoms with Gasteiger partial charge in [0.1, 0.15) is 17.7 Å². The average Bonchev–Trinajstić information content (AvgIpc) is 2.99. The summed E-state index contributed by atoms with van der Waals surface area (Å²) in [6, 6.07) is 17.9. The third-order valence-corrected chi connectivity index (χ3v) is 9.64. The molecule has 1 saturated heterocycles. The van der Waals surface area contributed by atoms with Gasteiger partial charge < -0.3 is 13.8 Å². The lowest BCUT2D eigenvalue weighted by molar-refractivity contribution is -0.146. The molecule has 0 aliphatic carbocycles. The highest BCUT2D eigenvalue weighted by atomic mass is 32.2. The van der Waals surface area contributed by atoms with Crippen molar-refractivity contribution in [1.82, 2.24) is 4.31 Å². The number of carbonyl (C=O) groups is 2. The molecule has 1 amide bonds. The predicted molar refractivity (Wildman–Crippen MR) is 170 cm³/mol. The van der Waals surface area contributed by atoms with Gasteiger partial charge in [0.05, 0.1) is 18.7 Å². The van der Waals surface area contributed by atoms with Crippen LogP contribution < -0.4 is 9.08 Å². The smallest absolute Gasteiger partial charge is 0.458 e. The molecule has 4 rings (SSSR count). The molecule has 1 aliphatic rings. The Morgan fingerprint density at radius 3 is 2.04 bits per heavy atom. The SMILES string of the molecule is CCC(OC(C)=O)c1ccc(F)cc1.CN(CCCc1ccc(N2C(=O)C[C@H]2c2ccc(OS(=O)(=O)C(F)(F)F)cc2)cc1)S(C)(=O)=O. The van der Waals surface area contributed by atoms with Crippen LogP contribution in [0.25, 0.3) is 0 Å². The van der Waals surface area contributed by atoms with Gasteiger partial charge >= 0.3 is 21.6 Å². The summed E-state index contributed by atoms with van der Waals surface area (Å²) in [6.45, 7) is 3.67. The molecule has 48 heavy (non-hydrogen) atoms. The van der Waals surface area contributed by atoms with Crippen LogP contribution in [0.1, 0.15) is 61.9 Å². The summed E-state index contributed by atoms with van der Waals surface area (Å²) in [5.74, 6) is -1.22. The molecule has 0 aromatic heterocycles. The molecule has 1 heterocycles. The molecule has 1 fully saturated rings. The van der Waals surface area contributed by atoms with E-state index in [0.29, 0.717) is 37.1 Å². The number of benzene rings is 3. The van der Waals surface area contributed by atoms with Crippen molar-refractivity contribution in [2.75, 3.05) is 24.7 Å². The van der Waals surface area contributed by atoms with E-state index in [-0.39, 0.29) is 36.3 Å². The highest BCUT2D eigenvalue weighted by Gasteiger charge is 2.48. The molecule has 262 valence electrons. The number of nitrogens with zero attached hydrogens (tertiary/aromatic N) is 2. The lowest BCUT2D eigenvalue weighted by atomic mass is 9.92. The summed E-state index contributed by atoms with van der Waals surface area (Å²) in [5.41, 5.74) is -2.48. The van der Waals surface area contributed by atoms with Crippen LogP contribution in [0.2, 0.25) is 0 Å². The van der Waals surface area contributed by atoms with E-state index in [1.807, 2.05) is 19.1 Å². The van der Waals surface area contributed by atoms with Crippen LogP contribution in [0, 0.1) is 5.82 Å². The number of carbonyl (C=O) groups excluding carboxylic acids is 2. The van der Waals surface area contributed by atoms with Gasteiger partial charge in [-0.3, -0.25) is 9.59 Å². The van der Waals surface area contributed by atoms with Crippen LogP contribution in [0.15, 0.2) is 72.8 Å². The van der Waals surface area contributed by atoms with E-state index >= 15 is 0 Å². The van der Waals surface area contributed by atoms with Crippen LogP contribution in [0.4, 0.5) is 23.2 Å². The van der Waals surface area contributed by atoms with Crippen molar-refractivity contribution in [2.24, 2.45) is 0 Å². The number of ether oxygens (including phenoxy) is 1. The number of hydrogen-bond donors (Lipinski definition) is 0. The van der Waals surface area contributed by atoms with E-state index in [9.17, 15) is 44.0 Å². The Morgan fingerprint density at radius 1 is 0.979 bits per heavy atom. The Bertz CT molecular complexity index is 1770. The molecule has 1 aliphatic heterocycles. The Morgan fingerprint density at radius 2 is 1.56 bits per heavy atom. The maximum Gasteiger partial charge on any atom is 0.534 e. The summed E-state index contributed by atoms with van der Waals surface area (Å²) in [7, 11) is -7.47. The van der Waals surface area contributed by atoms with E-state index in [0.717, 1.165) is 29.5 Å².